The summed E-state index contributed by atoms with van der Waals surface area (Å²) in [6.45, 7) is 8.02. The van der Waals surface area contributed by atoms with Crippen molar-refractivity contribution in [3.63, 3.8) is 0 Å². The van der Waals surface area contributed by atoms with Gasteiger partial charge in [-0.15, -0.1) is 0 Å². The van der Waals surface area contributed by atoms with Crippen LogP contribution in [0.25, 0.3) is 0 Å². The van der Waals surface area contributed by atoms with Crippen molar-refractivity contribution in [1.29, 1.82) is 0 Å². The minimum Gasteiger partial charge on any atom is -0.460 e. The summed E-state index contributed by atoms with van der Waals surface area (Å²) in [4.78, 5) is 21.7. The number of phosphoric ester groups is 1. The Hall–Kier alpha value is -1.47. The third-order valence-electron chi connectivity index (χ3n) is 2.23. The zero-order chi connectivity index (χ0) is 17.6. The highest BCUT2D eigenvalue weighted by molar-refractivity contribution is 7.48. The van der Waals surface area contributed by atoms with Crippen LogP contribution in [0.5, 0.6) is 0 Å². The van der Waals surface area contributed by atoms with Crippen molar-refractivity contribution in [2.24, 2.45) is 0 Å². The fourth-order valence-corrected chi connectivity index (χ4v) is 2.31. The molecule has 132 valence electrons. The molecule has 0 aliphatic carbocycles. The number of carbonyl (C=O) groups is 2. The first-order valence-corrected chi connectivity index (χ1v) is 8.55. The summed E-state index contributed by atoms with van der Waals surface area (Å²) in [5, 5.41) is 0. The maximum Gasteiger partial charge on any atom is 0.475 e. The number of carbonyl (C=O) groups excluding carboxylic acids is 2. The Morgan fingerprint density at radius 1 is 0.870 bits per heavy atom. The van der Waals surface area contributed by atoms with Gasteiger partial charge in [-0.3, -0.25) is 13.6 Å². The van der Waals surface area contributed by atoms with Crippen LogP contribution in [0.4, 0.5) is 0 Å². The molecule has 0 aromatic carbocycles. The van der Waals surface area contributed by atoms with Crippen LogP contribution in [-0.2, 0) is 37.2 Å². The molecule has 0 saturated heterocycles. The lowest BCUT2D eigenvalue weighted by Crippen LogP contribution is -2.12. The van der Waals surface area contributed by atoms with E-state index < -0.39 is 19.8 Å². The first-order chi connectivity index (χ1) is 11.0. The molecular weight excluding hydrogens is 327 g/mol. The minimum absolute atomic E-state index is 0.124. The quantitative estimate of drug-likeness (QED) is 0.204. The molecule has 23 heavy (non-hydrogen) atoms. The van der Waals surface area contributed by atoms with E-state index in [1.54, 1.807) is 0 Å². The van der Waals surface area contributed by atoms with Crippen molar-refractivity contribution in [3.8, 4) is 0 Å². The number of ether oxygens (including phenoxy) is 2. The van der Waals surface area contributed by atoms with Gasteiger partial charge in [0.15, 0.2) is 0 Å². The molecule has 0 saturated carbocycles. The van der Waals surface area contributed by atoms with Gasteiger partial charge in [0.05, 0.1) is 19.8 Å². The fraction of sp³-hybridized carbons (Fsp3) is 0.571. The van der Waals surface area contributed by atoms with Crippen LogP contribution in [0, 0.1) is 0 Å². The van der Waals surface area contributed by atoms with E-state index in [0.29, 0.717) is 6.42 Å². The Balaban J connectivity index is 4.24. The molecule has 0 fully saturated rings. The topological polar surface area (TPSA) is 97.4 Å². The summed E-state index contributed by atoms with van der Waals surface area (Å²) < 4.78 is 36.9. The fourth-order valence-electron chi connectivity index (χ4n) is 1.13. The predicted molar refractivity (Wildman–Crippen MR) is 82.7 cm³/mol. The Labute approximate surface area is 136 Å². The average Bonchev–Trinajstić information content (AvgIpc) is 2.55. The van der Waals surface area contributed by atoms with Gasteiger partial charge in [-0.1, -0.05) is 26.5 Å². The standard InChI is InChI=1S/C14H23O8P/c1-4-7-8-20-23(17,21-11-9-18-13(15)5-2)22-12-10-19-14(16)6-3/h5-6H,2-4,7-12H2,1H3. The summed E-state index contributed by atoms with van der Waals surface area (Å²) in [5.74, 6) is -1.24. The molecule has 0 spiro atoms. The van der Waals surface area contributed by atoms with E-state index in [-0.39, 0.29) is 33.0 Å². The normalized spacial score (nSPS) is 10.8. The number of hydrogen-bond donors (Lipinski definition) is 0. The van der Waals surface area contributed by atoms with Crippen molar-refractivity contribution in [2.75, 3.05) is 33.0 Å². The third kappa shape index (κ3) is 11.7. The van der Waals surface area contributed by atoms with E-state index in [9.17, 15) is 14.2 Å². The summed E-state index contributed by atoms with van der Waals surface area (Å²) in [5.41, 5.74) is 0. The Bertz CT molecular complexity index is 402. The van der Waals surface area contributed by atoms with Gasteiger partial charge in [0.25, 0.3) is 0 Å². The van der Waals surface area contributed by atoms with Crippen molar-refractivity contribution in [2.45, 2.75) is 19.8 Å². The highest BCUT2D eigenvalue weighted by Crippen LogP contribution is 2.49. The molecule has 0 radical (unpaired) electrons. The maximum absolute atomic E-state index is 12.3. The van der Waals surface area contributed by atoms with Crippen LogP contribution in [0.3, 0.4) is 0 Å². The predicted octanol–water partition coefficient (Wildman–Crippen LogP) is 2.40. The van der Waals surface area contributed by atoms with Gasteiger partial charge in [-0.05, 0) is 6.42 Å². The van der Waals surface area contributed by atoms with Gasteiger partial charge in [0.2, 0.25) is 0 Å². The second kappa shape index (κ2) is 13.0. The molecule has 0 aliphatic heterocycles. The lowest BCUT2D eigenvalue weighted by Gasteiger charge is -2.17. The highest BCUT2D eigenvalue weighted by Gasteiger charge is 2.26. The molecule has 0 amide bonds. The summed E-state index contributed by atoms with van der Waals surface area (Å²) in [6.07, 6.45) is 3.52. The van der Waals surface area contributed by atoms with Gasteiger partial charge in [0.1, 0.15) is 13.2 Å². The zero-order valence-electron chi connectivity index (χ0n) is 13.2. The number of rotatable bonds is 14. The van der Waals surface area contributed by atoms with Crippen LogP contribution >= 0.6 is 7.82 Å². The van der Waals surface area contributed by atoms with Gasteiger partial charge < -0.3 is 9.47 Å². The van der Waals surface area contributed by atoms with Crippen LogP contribution in [-0.4, -0.2) is 45.0 Å². The van der Waals surface area contributed by atoms with Crippen molar-refractivity contribution < 1.29 is 37.2 Å². The number of unbranched alkanes of at least 4 members (excludes halogenated alkanes) is 1. The van der Waals surface area contributed by atoms with Crippen molar-refractivity contribution in [3.05, 3.63) is 25.3 Å². The zero-order valence-corrected chi connectivity index (χ0v) is 14.1. The first kappa shape index (κ1) is 21.5. The highest BCUT2D eigenvalue weighted by atomic mass is 31.2. The maximum atomic E-state index is 12.3. The van der Waals surface area contributed by atoms with Gasteiger partial charge in [-0.2, -0.15) is 0 Å². The van der Waals surface area contributed by atoms with Crippen molar-refractivity contribution in [1.82, 2.24) is 0 Å². The van der Waals surface area contributed by atoms with Gasteiger partial charge >= 0.3 is 19.8 Å². The Morgan fingerprint density at radius 2 is 1.30 bits per heavy atom. The summed E-state index contributed by atoms with van der Waals surface area (Å²) >= 11 is 0. The monoisotopic (exact) mass is 350 g/mol. The van der Waals surface area contributed by atoms with E-state index in [1.807, 2.05) is 6.92 Å². The van der Waals surface area contributed by atoms with Gasteiger partial charge in [-0.25, -0.2) is 14.2 Å². The van der Waals surface area contributed by atoms with E-state index in [0.717, 1.165) is 18.6 Å². The van der Waals surface area contributed by atoms with Crippen LogP contribution in [0.1, 0.15) is 19.8 Å². The average molecular weight is 350 g/mol. The second-order valence-electron chi connectivity index (χ2n) is 4.04. The van der Waals surface area contributed by atoms with Crippen LogP contribution < -0.4 is 0 Å². The molecule has 0 rings (SSSR count). The molecule has 0 heterocycles. The molecule has 9 heteroatoms. The minimum atomic E-state index is -3.82. The smallest absolute Gasteiger partial charge is 0.460 e. The largest absolute Gasteiger partial charge is 0.475 e. The van der Waals surface area contributed by atoms with Crippen LogP contribution in [0.2, 0.25) is 0 Å². The van der Waals surface area contributed by atoms with Gasteiger partial charge in [0, 0.05) is 12.2 Å². The number of esters is 2. The Kier molecular flexibility index (Phi) is 12.2. The summed E-state index contributed by atoms with van der Waals surface area (Å²) in [6, 6.07) is 0. The second-order valence-corrected chi connectivity index (χ2v) is 5.71. The molecule has 8 nitrogen and oxygen atoms in total. The molecule has 0 aromatic heterocycles. The number of phosphoric acid groups is 1. The molecule has 0 N–H and O–H groups in total. The SMILES string of the molecule is C=CC(=O)OCCOP(=O)(OCCCC)OCCOC(=O)C=C. The van der Waals surface area contributed by atoms with E-state index in [4.69, 9.17) is 13.6 Å². The van der Waals surface area contributed by atoms with Crippen molar-refractivity contribution >= 4 is 19.8 Å². The molecule has 0 bridgehead atoms. The molecule has 0 atom stereocenters. The molecular formula is C14H23O8P. The summed E-state index contributed by atoms with van der Waals surface area (Å²) in [7, 11) is -3.82. The Morgan fingerprint density at radius 3 is 1.70 bits per heavy atom. The molecule has 0 unspecified atom stereocenters. The molecule has 0 aromatic rings. The van der Waals surface area contributed by atoms with E-state index in [2.05, 4.69) is 22.6 Å². The lowest BCUT2D eigenvalue weighted by molar-refractivity contribution is -0.139. The molecule has 0 aliphatic rings. The van der Waals surface area contributed by atoms with E-state index in [1.165, 1.54) is 0 Å². The lowest BCUT2D eigenvalue weighted by atomic mass is 10.4. The van der Waals surface area contributed by atoms with Crippen LogP contribution in [0.15, 0.2) is 25.3 Å². The van der Waals surface area contributed by atoms with E-state index >= 15 is 0 Å². The number of hydrogen-bond acceptors (Lipinski definition) is 8. The first-order valence-electron chi connectivity index (χ1n) is 7.09. The third-order valence-corrected chi connectivity index (χ3v) is 3.73.